The molecule has 0 aromatic heterocycles. The van der Waals surface area contributed by atoms with E-state index in [0.717, 1.165) is 110 Å². The second-order valence-corrected chi connectivity index (χ2v) is 21.4. The molecule has 392 valence electrons. The molecular weight excluding hydrogens is 893 g/mol. The normalized spacial score (nSPS) is 16.9. The third kappa shape index (κ3) is 12.4. The zero-order valence-corrected chi connectivity index (χ0v) is 44.6. The molecule has 0 unspecified atom stereocenters. The van der Waals surface area contributed by atoms with E-state index in [4.69, 9.17) is 0 Å². The summed E-state index contributed by atoms with van der Waals surface area (Å²) in [5.41, 5.74) is 2.95. The molecule has 0 bridgehead atoms. The van der Waals surface area contributed by atoms with Gasteiger partial charge in [-0.05, 0) is 61.1 Å². The van der Waals surface area contributed by atoms with E-state index in [1.165, 1.54) is 103 Å². The van der Waals surface area contributed by atoms with Crippen molar-refractivity contribution in [2.45, 2.75) is 206 Å². The topological polar surface area (TPSA) is 128 Å². The Labute approximate surface area is 432 Å². The number of anilines is 2. The highest BCUT2D eigenvalue weighted by molar-refractivity contribution is 6.19. The summed E-state index contributed by atoms with van der Waals surface area (Å²) in [4.78, 5) is 4.94. The Morgan fingerprint density at radius 2 is 0.542 bits per heavy atom. The lowest BCUT2D eigenvalue weighted by Gasteiger charge is -2.48. The number of unbranched alkanes of at least 4 members (excludes halogenated alkanes) is 20. The van der Waals surface area contributed by atoms with Crippen molar-refractivity contribution in [2.24, 2.45) is 0 Å². The number of rotatable bonds is 32. The van der Waals surface area contributed by atoms with Gasteiger partial charge in [0.05, 0.1) is 23.6 Å². The van der Waals surface area contributed by atoms with Crippen molar-refractivity contribution in [3.63, 3.8) is 0 Å². The van der Waals surface area contributed by atoms with Gasteiger partial charge in [-0.3, -0.25) is 0 Å². The Hall–Kier alpha value is -4.92. The van der Waals surface area contributed by atoms with Crippen molar-refractivity contribution >= 4 is 54.5 Å². The summed E-state index contributed by atoms with van der Waals surface area (Å²) in [5, 5.41) is 79.5. The molecule has 1 aliphatic carbocycles. The number of aliphatic hydroxyl groups excluding tert-OH is 2. The fourth-order valence-corrected chi connectivity index (χ4v) is 12.4. The summed E-state index contributed by atoms with van der Waals surface area (Å²) < 4.78 is 0. The molecule has 0 aliphatic heterocycles. The number of benzene rings is 6. The van der Waals surface area contributed by atoms with Crippen LogP contribution in [0.2, 0.25) is 0 Å². The first-order chi connectivity index (χ1) is 35.2. The minimum absolute atomic E-state index is 0.0298. The SMILES string of the molecule is CCCCCCCCN(CCCCCCCC)c1c2cccc(O)c2c(C2C(O)C(c3c4c(O)cccc4c(N(CCCCCCCC)CCCCCCCC)c4cccc(O)c34)C2O)c2c(O)cccc12. The van der Waals surface area contributed by atoms with E-state index in [1.807, 2.05) is 48.5 Å². The van der Waals surface area contributed by atoms with Crippen molar-refractivity contribution in [1.29, 1.82) is 0 Å². The van der Waals surface area contributed by atoms with Crippen molar-refractivity contribution in [2.75, 3.05) is 36.0 Å². The number of nitrogens with zero attached hydrogens (tertiary/aromatic N) is 2. The standard InChI is InChI=1S/C64H90N2O6/c1-5-9-13-17-21-25-41-65(42-26-22-18-14-10-6-2)61-45-33-29-37-49(67)53(45)57(54-46(61)34-30-38-50(54)68)59-63(71)60(64(59)72)58-55-47(35-31-39-51(55)69)62(48-36-32-40-52(70)56(48)58)66(43-27-23-19-15-11-7-3)44-28-24-20-16-12-8-4/h29-40,59-60,63-64,67-72H,5-28,41-44H2,1-4H3. The molecule has 0 saturated heterocycles. The highest BCUT2D eigenvalue weighted by atomic mass is 16.3. The van der Waals surface area contributed by atoms with Crippen LogP contribution < -0.4 is 9.80 Å². The molecule has 0 atom stereocenters. The monoisotopic (exact) mass is 983 g/mol. The highest BCUT2D eigenvalue weighted by Gasteiger charge is 2.53. The molecule has 8 nitrogen and oxygen atoms in total. The number of fused-ring (bicyclic) bond motifs is 4. The Balaban J connectivity index is 1.33. The van der Waals surface area contributed by atoms with E-state index >= 15 is 0 Å². The first-order valence-corrected chi connectivity index (χ1v) is 28.8. The van der Waals surface area contributed by atoms with Gasteiger partial charge in [0.15, 0.2) is 0 Å². The van der Waals surface area contributed by atoms with Crippen LogP contribution in [-0.2, 0) is 0 Å². The molecule has 1 saturated carbocycles. The Morgan fingerprint density at radius 3 is 0.778 bits per heavy atom. The number of hydrogen-bond acceptors (Lipinski definition) is 8. The van der Waals surface area contributed by atoms with Crippen molar-refractivity contribution in [3.8, 4) is 23.0 Å². The van der Waals surface area contributed by atoms with Gasteiger partial charge in [-0.15, -0.1) is 0 Å². The van der Waals surface area contributed by atoms with Crippen molar-refractivity contribution in [1.82, 2.24) is 0 Å². The Kier molecular flexibility index (Phi) is 20.9. The van der Waals surface area contributed by atoms with Crippen LogP contribution >= 0.6 is 0 Å². The maximum atomic E-state index is 12.9. The van der Waals surface area contributed by atoms with E-state index < -0.39 is 24.0 Å². The number of phenolic OH excluding ortho intramolecular Hbond substituents is 4. The van der Waals surface area contributed by atoms with Gasteiger partial charge in [-0.1, -0.05) is 205 Å². The van der Waals surface area contributed by atoms with E-state index in [1.54, 1.807) is 24.3 Å². The van der Waals surface area contributed by atoms with E-state index in [-0.39, 0.29) is 23.0 Å². The molecule has 6 aromatic rings. The molecular formula is C64H90N2O6. The molecule has 1 aliphatic rings. The van der Waals surface area contributed by atoms with E-state index in [9.17, 15) is 30.6 Å². The van der Waals surface area contributed by atoms with Crippen LogP contribution in [0.4, 0.5) is 11.4 Å². The van der Waals surface area contributed by atoms with Gasteiger partial charge in [0, 0.05) is 81.1 Å². The summed E-state index contributed by atoms with van der Waals surface area (Å²) in [6.45, 7) is 12.3. The van der Waals surface area contributed by atoms with Gasteiger partial charge in [-0.2, -0.15) is 0 Å². The fourth-order valence-electron chi connectivity index (χ4n) is 12.4. The van der Waals surface area contributed by atoms with E-state index in [2.05, 4.69) is 37.5 Å². The maximum absolute atomic E-state index is 12.9. The minimum Gasteiger partial charge on any atom is -0.507 e. The Bertz CT molecular complexity index is 2300. The number of hydrogen-bond donors (Lipinski definition) is 6. The predicted octanol–water partition coefficient (Wildman–Crippen LogP) is 16.8. The molecule has 0 amide bonds. The van der Waals surface area contributed by atoms with Crippen LogP contribution in [-0.4, -0.2) is 69.0 Å². The van der Waals surface area contributed by atoms with Gasteiger partial charge in [0.25, 0.3) is 0 Å². The van der Waals surface area contributed by atoms with Crippen molar-refractivity contribution < 1.29 is 30.6 Å². The third-order valence-electron chi connectivity index (χ3n) is 16.2. The minimum atomic E-state index is -1.21. The van der Waals surface area contributed by atoms with Crippen LogP contribution in [0.3, 0.4) is 0 Å². The molecule has 6 N–H and O–H groups in total. The zero-order chi connectivity index (χ0) is 51.0. The molecule has 0 radical (unpaired) electrons. The second kappa shape index (κ2) is 27.4. The lowest BCUT2D eigenvalue weighted by atomic mass is 9.60. The number of phenols is 4. The molecule has 72 heavy (non-hydrogen) atoms. The zero-order valence-electron chi connectivity index (χ0n) is 44.6. The first-order valence-electron chi connectivity index (χ1n) is 28.8. The van der Waals surface area contributed by atoms with Gasteiger partial charge in [0.2, 0.25) is 0 Å². The second-order valence-electron chi connectivity index (χ2n) is 21.4. The van der Waals surface area contributed by atoms with Crippen molar-refractivity contribution in [3.05, 3.63) is 83.9 Å². The molecule has 7 rings (SSSR count). The summed E-state index contributed by atoms with van der Waals surface area (Å²) in [7, 11) is 0. The van der Waals surface area contributed by atoms with Crippen LogP contribution in [0.5, 0.6) is 23.0 Å². The van der Waals surface area contributed by atoms with E-state index in [0.29, 0.717) is 32.7 Å². The van der Waals surface area contributed by atoms with Gasteiger partial charge in [0.1, 0.15) is 23.0 Å². The van der Waals surface area contributed by atoms with Crippen LogP contribution in [0.25, 0.3) is 43.1 Å². The third-order valence-corrected chi connectivity index (χ3v) is 16.2. The smallest absolute Gasteiger partial charge is 0.123 e. The summed E-state index contributed by atoms with van der Waals surface area (Å²) in [5.74, 6) is -1.71. The molecule has 0 spiro atoms. The maximum Gasteiger partial charge on any atom is 0.123 e. The average Bonchev–Trinajstić information content (AvgIpc) is 3.37. The van der Waals surface area contributed by atoms with Crippen LogP contribution in [0.15, 0.2) is 72.8 Å². The average molecular weight is 983 g/mol. The molecule has 6 aromatic carbocycles. The van der Waals surface area contributed by atoms with Crippen LogP contribution in [0, 0.1) is 0 Å². The fraction of sp³-hybridized carbons (Fsp3) is 0.562. The lowest BCUT2D eigenvalue weighted by molar-refractivity contribution is -0.0766. The molecule has 0 heterocycles. The van der Waals surface area contributed by atoms with Gasteiger partial charge < -0.3 is 40.4 Å². The van der Waals surface area contributed by atoms with Crippen LogP contribution in [0.1, 0.15) is 205 Å². The quantitative estimate of drug-likeness (QED) is 0.0182. The summed E-state index contributed by atoms with van der Waals surface area (Å²) >= 11 is 0. The van der Waals surface area contributed by atoms with Gasteiger partial charge in [-0.25, -0.2) is 0 Å². The Morgan fingerprint density at radius 1 is 0.319 bits per heavy atom. The summed E-state index contributed by atoms with van der Waals surface area (Å²) in [6, 6.07) is 22.3. The van der Waals surface area contributed by atoms with Gasteiger partial charge >= 0.3 is 0 Å². The summed E-state index contributed by atoms with van der Waals surface area (Å²) in [6.07, 6.45) is 25.7. The predicted molar refractivity (Wildman–Crippen MR) is 305 cm³/mol. The first kappa shape index (κ1) is 54.8. The largest absolute Gasteiger partial charge is 0.507 e. The highest BCUT2D eigenvalue weighted by Crippen LogP contribution is 2.59. The molecule has 1 fully saturated rings. The molecule has 8 heteroatoms. The number of aromatic hydroxyl groups is 4. The lowest BCUT2D eigenvalue weighted by Crippen LogP contribution is -2.52. The number of aliphatic hydroxyl groups is 2.